The third kappa shape index (κ3) is 3.93. The van der Waals surface area contributed by atoms with Gasteiger partial charge in [-0.3, -0.25) is 14.8 Å². The number of piperidine rings is 1. The fourth-order valence-corrected chi connectivity index (χ4v) is 3.87. The Morgan fingerprint density at radius 3 is 2.93 bits per heavy atom. The van der Waals surface area contributed by atoms with Crippen molar-refractivity contribution >= 4 is 5.91 Å². The number of carbonyl (C=O) groups excluding carboxylic acids is 1. The molecule has 0 saturated carbocycles. The number of likely N-dealkylation sites (tertiary alicyclic amines) is 1. The van der Waals surface area contributed by atoms with Crippen LogP contribution in [0.1, 0.15) is 35.4 Å². The maximum absolute atomic E-state index is 14.1. The van der Waals surface area contributed by atoms with Crippen LogP contribution in [0.2, 0.25) is 0 Å². The molecule has 1 amide bonds. The number of pyridine rings is 2. The van der Waals surface area contributed by atoms with Crippen LogP contribution < -0.4 is 0 Å². The lowest BCUT2D eigenvalue weighted by Gasteiger charge is -2.41. The van der Waals surface area contributed by atoms with E-state index < -0.39 is 11.2 Å². The molecule has 3 aromatic heterocycles. The zero-order valence-corrected chi connectivity index (χ0v) is 16.6. The number of methoxy groups -OCH3 is 1. The van der Waals surface area contributed by atoms with Crippen LogP contribution in [0.15, 0.2) is 47.5 Å². The van der Waals surface area contributed by atoms with E-state index in [1.807, 2.05) is 6.07 Å². The minimum absolute atomic E-state index is 0.0108. The van der Waals surface area contributed by atoms with Gasteiger partial charge in [0.05, 0.1) is 22.7 Å². The third-order valence-corrected chi connectivity index (χ3v) is 5.46. The van der Waals surface area contributed by atoms with Crippen molar-refractivity contribution in [2.75, 3.05) is 26.8 Å². The molecular weight excluding hydrogens is 389 g/mol. The van der Waals surface area contributed by atoms with E-state index in [4.69, 9.17) is 9.26 Å². The largest absolute Gasteiger partial charge is 0.385 e. The van der Waals surface area contributed by atoms with Crippen molar-refractivity contribution in [3.05, 3.63) is 60.2 Å². The topological polar surface area (TPSA) is 94.2 Å². The standard InChI is InChI=1S/C21H22FN5O3/c1-29-11-7-21(20-25-18(30-26-20)15-4-2-8-23-12-15)6-3-10-27(14-21)19(28)16-5-9-24-13-17(16)22/h2,4-5,8-9,12-13H,3,6-7,10-11,14H2,1H3. The quantitative estimate of drug-likeness (QED) is 0.616. The number of aromatic nitrogens is 4. The second-order valence-corrected chi connectivity index (χ2v) is 7.37. The normalized spacial score (nSPS) is 19.1. The number of amides is 1. The summed E-state index contributed by atoms with van der Waals surface area (Å²) in [5.74, 6) is -0.106. The van der Waals surface area contributed by atoms with Gasteiger partial charge < -0.3 is 14.2 Å². The molecule has 9 heteroatoms. The highest BCUT2D eigenvalue weighted by Crippen LogP contribution is 2.37. The van der Waals surface area contributed by atoms with Crippen LogP contribution in [0.25, 0.3) is 11.5 Å². The summed E-state index contributed by atoms with van der Waals surface area (Å²) in [6, 6.07) is 5.04. The van der Waals surface area contributed by atoms with E-state index in [9.17, 15) is 9.18 Å². The molecule has 8 nitrogen and oxygen atoms in total. The summed E-state index contributed by atoms with van der Waals surface area (Å²) in [5, 5.41) is 4.23. The van der Waals surface area contributed by atoms with E-state index in [1.165, 1.54) is 12.3 Å². The smallest absolute Gasteiger partial charge is 0.259 e. The molecular formula is C21H22FN5O3. The Bertz CT molecular complexity index is 1010. The molecule has 1 saturated heterocycles. The Hall–Kier alpha value is -3.20. The molecule has 0 spiro atoms. The highest BCUT2D eigenvalue weighted by Gasteiger charge is 2.42. The summed E-state index contributed by atoms with van der Waals surface area (Å²) < 4.78 is 24.9. The summed E-state index contributed by atoms with van der Waals surface area (Å²) in [4.78, 5) is 27.1. The molecule has 0 radical (unpaired) electrons. The molecule has 156 valence electrons. The first kappa shape index (κ1) is 20.1. The number of ether oxygens (including phenoxy) is 1. The summed E-state index contributed by atoms with van der Waals surface area (Å²) in [6.07, 6.45) is 7.90. The van der Waals surface area contributed by atoms with Crippen molar-refractivity contribution in [3.8, 4) is 11.5 Å². The molecule has 0 aromatic carbocycles. The molecule has 30 heavy (non-hydrogen) atoms. The highest BCUT2D eigenvalue weighted by molar-refractivity contribution is 5.94. The van der Waals surface area contributed by atoms with Crippen LogP contribution in [0.5, 0.6) is 0 Å². The van der Waals surface area contributed by atoms with Crippen molar-refractivity contribution in [1.29, 1.82) is 0 Å². The zero-order valence-electron chi connectivity index (χ0n) is 16.6. The highest BCUT2D eigenvalue weighted by atomic mass is 19.1. The molecule has 1 atom stereocenters. The Balaban J connectivity index is 1.64. The van der Waals surface area contributed by atoms with Crippen molar-refractivity contribution in [3.63, 3.8) is 0 Å². The van der Waals surface area contributed by atoms with E-state index in [0.717, 1.165) is 24.6 Å². The number of hydrogen-bond donors (Lipinski definition) is 0. The summed E-state index contributed by atoms with van der Waals surface area (Å²) in [5.41, 5.74) is 0.189. The first-order valence-corrected chi connectivity index (χ1v) is 9.75. The lowest BCUT2D eigenvalue weighted by molar-refractivity contribution is 0.0562. The van der Waals surface area contributed by atoms with Gasteiger partial charge in [-0.2, -0.15) is 4.98 Å². The molecule has 0 N–H and O–H groups in total. The van der Waals surface area contributed by atoms with Crippen LogP contribution in [-0.2, 0) is 10.2 Å². The van der Waals surface area contributed by atoms with Crippen LogP contribution in [0, 0.1) is 5.82 Å². The molecule has 1 aliphatic rings. The SMILES string of the molecule is COCCC1(c2noc(-c3cccnc3)n2)CCCN(C(=O)c2ccncc2F)C1. The molecule has 1 fully saturated rings. The van der Waals surface area contributed by atoms with E-state index in [0.29, 0.717) is 37.8 Å². The van der Waals surface area contributed by atoms with Crippen molar-refractivity contribution in [2.24, 2.45) is 0 Å². The molecule has 3 aromatic rings. The fourth-order valence-electron chi connectivity index (χ4n) is 3.87. The van der Waals surface area contributed by atoms with Gasteiger partial charge in [-0.05, 0) is 37.5 Å². The van der Waals surface area contributed by atoms with E-state index >= 15 is 0 Å². The Labute approximate surface area is 173 Å². The Kier molecular flexibility index (Phi) is 5.80. The van der Waals surface area contributed by atoms with Gasteiger partial charge in [-0.15, -0.1) is 0 Å². The third-order valence-electron chi connectivity index (χ3n) is 5.46. The van der Waals surface area contributed by atoms with Gasteiger partial charge in [0.15, 0.2) is 11.6 Å². The van der Waals surface area contributed by atoms with E-state index in [-0.39, 0.29) is 11.5 Å². The summed E-state index contributed by atoms with van der Waals surface area (Å²) in [7, 11) is 1.63. The van der Waals surface area contributed by atoms with Gasteiger partial charge in [-0.25, -0.2) is 4.39 Å². The van der Waals surface area contributed by atoms with Gasteiger partial charge in [0, 0.05) is 45.4 Å². The van der Waals surface area contributed by atoms with Gasteiger partial charge in [0.2, 0.25) is 0 Å². The number of hydrogen-bond acceptors (Lipinski definition) is 7. The first-order valence-electron chi connectivity index (χ1n) is 9.75. The van der Waals surface area contributed by atoms with Crippen LogP contribution in [0.3, 0.4) is 0 Å². The molecule has 0 aliphatic carbocycles. The predicted octanol–water partition coefficient (Wildman–Crippen LogP) is 2.88. The van der Waals surface area contributed by atoms with Gasteiger partial charge in [0.1, 0.15) is 0 Å². The second kappa shape index (κ2) is 8.66. The molecule has 4 rings (SSSR count). The summed E-state index contributed by atoms with van der Waals surface area (Å²) in [6.45, 7) is 1.36. The predicted molar refractivity (Wildman–Crippen MR) is 105 cm³/mol. The number of carbonyl (C=O) groups is 1. The lowest BCUT2D eigenvalue weighted by Crippen LogP contribution is -2.49. The average molecular weight is 411 g/mol. The molecule has 4 heterocycles. The van der Waals surface area contributed by atoms with Crippen LogP contribution >= 0.6 is 0 Å². The van der Waals surface area contributed by atoms with Gasteiger partial charge >= 0.3 is 0 Å². The van der Waals surface area contributed by atoms with Gasteiger partial charge in [-0.1, -0.05) is 5.16 Å². The monoisotopic (exact) mass is 411 g/mol. The molecule has 1 aliphatic heterocycles. The minimum Gasteiger partial charge on any atom is -0.385 e. The number of rotatable bonds is 6. The maximum atomic E-state index is 14.1. The number of nitrogens with zero attached hydrogens (tertiary/aromatic N) is 5. The second-order valence-electron chi connectivity index (χ2n) is 7.37. The Morgan fingerprint density at radius 2 is 2.17 bits per heavy atom. The van der Waals surface area contributed by atoms with E-state index in [1.54, 1.807) is 30.5 Å². The van der Waals surface area contributed by atoms with Crippen molar-refractivity contribution < 1.29 is 18.4 Å². The molecule has 0 bridgehead atoms. The van der Waals surface area contributed by atoms with Crippen molar-refractivity contribution in [1.82, 2.24) is 25.0 Å². The number of halogens is 1. The fraction of sp³-hybridized carbons (Fsp3) is 0.381. The van der Waals surface area contributed by atoms with Gasteiger partial charge in [0.25, 0.3) is 11.8 Å². The Morgan fingerprint density at radius 1 is 1.30 bits per heavy atom. The van der Waals surface area contributed by atoms with Crippen molar-refractivity contribution in [2.45, 2.75) is 24.7 Å². The minimum atomic E-state index is -0.631. The maximum Gasteiger partial charge on any atom is 0.259 e. The first-order chi connectivity index (χ1) is 14.6. The zero-order chi connectivity index (χ0) is 21.0. The van der Waals surface area contributed by atoms with Crippen LogP contribution in [0.4, 0.5) is 4.39 Å². The van der Waals surface area contributed by atoms with E-state index in [2.05, 4.69) is 20.1 Å². The molecule has 1 unspecified atom stereocenters. The average Bonchev–Trinajstić information content (AvgIpc) is 3.29. The van der Waals surface area contributed by atoms with Crippen LogP contribution in [-0.4, -0.2) is 57.7 Å². The lowest BCUT2D eigenvalue weighted by atomic mass is 9.76. The summed E-state index contributed by atoms with van der Waals surface area (Å²) >= 11 is 0.